The van der Waals surface area contributed by atoms with Crippen molar-refractivity contribution in [3.63, 3.8) is 0 Å². The first-order valence-electron chi connectivity index (χ1n) is 8.51. The van der Waals surface area contributed by atoms with Crippen LogP contribution in [0.15, 0.2) is 32.0 Å². The molecule has 0 saturated carbocycles. The van der Waals surface area contributed by atoms with Crippen LogP contribution < -0.4 is 0 Å². The Morgan fingerprint density at radius 1 is 1.33 bits per heavy atom. The molecule has 0 amide bonds. The molecular formula is C17H23Br2N3O4S. The fourth-order valence-corrected chi connectivity index (χ4v) is 6.13. The van der Waals surface area contributed by atoms with Gasteiger partial charge in [-0.25, -0.2) is 8.42 Å². The van der Waals surface area contributed by atoms with Crippen LogP contribution in [0.2, 0.25) is 0 Å². The van der Waals surface area contributed by atoms with Gasteiger partial charge in [-0.1, -0.05) is 15.9 Å². The van der Waals surface area contributed by atoms with E-state index in [1.165, 1.54) is 4.31 Å². The summed E-state index contributed by atoms with van der Waals surface area (Å²) in [6.07, 6.45) is 2.74. The Morgan fingerprint density at radius 3 is 2.70 bits per heavy atom. The van der Waals surface area contributed by atoms with Crippen LogP contribution in [0.4, 0.5) is 0 Å². The van der Waals surface area contributed by atoms with Crippen LogP contribution >= 0.6 is 31.9 Å². The van der Waals surface area contributed by atoms with Gasteiger partial charge in [-0.3, -0.25) is 0 Å². The SMILES string of the molecule is COCCOCCN([C@@H]1C[C@H](C)N(C#N)C1)S(=O)(=O)c1cc(Br)ccc1Br. The molecule has 1 saturated heterocycles. The summed E-state index contributed by atoms with van der Waals surface area (Å²) in [6, 6.07) is 4.76. The van der Waals surface area contributed by atoms with E-state index >= 15 is 0 Å². The third-order valence-corrected chi connectivity index (χ3v) is 7.90. The normalized spacial score (nSPS) is 20.2. The number of halogens is 2. The Kier molecular flexibility index (Phi) is 8.52. The maximum absolute atomic E-state index is 13.4. The Balaban J connectivity index is 2.28. The van der Waals surface area contributed by atoms with Crippen LogP contribution in [0.3, 0.4) is 0 Å². The van der Waals surface area contributed by atoms with Crippen LogP contribution in [0.25, 0.3) is 0 Å². The van der Waals surface area contributed by atoms with Crippen molar-refractivity contribution < 1.29 is 17.9 Å². The van der Waals surface area contributed by atoms with Crippen LogP contribution in [0.5, 0.6) is 0 Å². The molecule has 1 fully saturated rings. The molecule has 150 valence electrons. The molecule has 0 bridgehead atoms. The van der Waals surface area contributed by atoms with Gasteiger partial charge < -0.3 is 14.4 Å². The van der Waals surface area contributed by atoms with Crippen molar-refractivity contribution in [2.75, 3.05) is 40.0 Å². The van der Waals surface area contributed by atoms with E-state index in [4.69, 9.17) is 9.47 Å². The maximum Gasteiger partial charge on any atom is 0.244 e. The van der Waals surface area contributed by atoms with E-state index < -0.39 is 10.0 Å². The molecule has 1 aliphatic rings. The summed E-state index contributed by atoms with van der Waals surface area (Å²) in [5.41, 5.74) is 0. The monoisotopic (exact) mass is 523 g/mol. The van der Waals surface area contributed by atoms with Gasteiger partial charge in [-0.2, -0.15) is 9.57 Å². The standard InChI is InChI=1S/C17H23Br2N3O4S/c1-13-9-15(11-21(13)12-20)22(5-6-26-8-7-25-2)27(23,24)17-10-14(18)3-4-16(17)19/h3-4,10,13,15H,5-9,11H2,1-2H3/t13-,15+/m0/s1. The van der Waals surface area contributed by atoms with Crippen LogP contribution in [0, 0.1) is 11.5 Å². The first-order chi connectivity index (χ1) is 12.8. The van der Waals surface area contributed by atoms with Crippen LogP contribution in [-0.4, -0.2) is 69.7 Å². The Bertz CT molecular complexity index is 785. The molecule has 0 spiro atoms. The second kappa shape index (κ2) is 10.2. The van der Waals surface area contributed by atoms with E-state index in [1.807, 2.05) is 6.92 Å². The summed E-state index contributed by atoms with van der Waals surface area (Å²) >= 11 is 6.68. The maximum atomic E-state index is 13.4. The average Bonchev–Trinajstić information content (AvgIpc) is 3.00. The summed E-state index contributed by atoms with van der Waals surface area (Å²) in [5, 5.41) is 9.27. The van der Waals surface area contributed by atoms with Gasteiger partial charge in [-0.05, 0) is 47.5 Å². The Hall–Kier alpha value is -0.700. The largest absolute Gasteiger partial charge is 0.382 e. The molecule has 2 atom stereocenters. The van der Waals surface area contributed by atoms with E-state index in [0.717, 1.165) is 0 Å². The predicted molar refractivity (Wildman–Crippen MR) is 109 cm³/mol. The molecule has 1 aromatic carbocycles. The lowest BCUT2D eigenvalue weighted by Gasteiger charge is -2.28. The lowest BCUT2D eigenvalue weighted by Crippen LogP contribution is -2.43. The zero-order chi connectivity index (χ0) is 20.0. The van der Waals surface area contributed by atoms with Gasteiger partial charge in [-0.15, -0.1) is 0 Å². The van der Waals surface area contributed by atoms with Crippen molar-refractivity contribution in [1.82, 2.24) is 9.21 Å². The molecule has 0 unspecified atom stereocenters. The number of methoxy groups -OCH3 is 1. The minimum atomic E-state index is -3.78. The number of hydrogen-bond acceptors (Lipinski definition) is 6. The molecule has 0 radical (unpaired) electrons. The first kappa shape index (κ1) is 22.6. The van der Waals surface area contributed by atoms with Gasteiger partial charge in [0.15, 0.2) is 6.19 Å². The molecular weight excluding hydrogens is 502 g/mol. The molecule has 0 aliphatic carbocycles. The second-order valence-electron chi connectivity index (χ2n) is 6.29. The number of rotatable bonds is 9. The van der Waals surface area contributed by atoms with Crippen LogP contribution in [0.1, 0.15) is 13.3 Å². The highest BCUT2D eigenvalue weighted by molar-refractivity contribution is 9.11. The summed E-state index contributed by atoms with van der Waals surface area (Å²) in [5.74, 6) is 0. The summed E-state index contributed by atoms with van der Waals surface area (Å²) in [4.78, 5) is 1.81. The van der Waals surface area contributed by atoms with E-state index in [0.29, 0.717) is 35.1 Å². The zero-order valence-electron chi connectivity index (χ0n) is 15.3. The predicted octanol–water partition coefficient (Wildman–Crippen LogP) is 2.81. The van der Waals surface area contributed by atoms with Gasteiger partial charge >= 0.3 is 0 Å². The van der Waals surface area contributed by atoms with Gasteiger partial charge in [0, 0.05) is 41.2 Å². The zero-order valence-corrected chi connectivity index (χ0v) is 19.3. The first-order valence-corrected chi connectivity index (χ1v) is 11.5. The smallest absolute Gasteiger partial charge is 0.244 e. The van der Waals surface area contributed by atoms with Gasteiger partial charge in [0.2, 0.25) is 10.0 Å². The highest BCUT2D eigenvalue weighted by Crippen LogP contribution is 2.32. The Morgan fingerprint density at radius 2 is 2.07 bits per heavy atom. The van der Waals surface area contributed by atoms with Crippen molar-refractivity contribution in [2.45, 2.75) is 30.3 Å². The van der Waals surface area contributed by atoms with E-state index in [9.17, 15) is 13.7 Å². The molecule has 1 heterocycles. The fraction of sp³-hybridized carbons (Fsp3) is 0.588. The molecule has 0 N–H and O–H groups in total. The molecule has 0 aromatic heterocycles. The van der Waals surface area contributed by atoms with E-state index in [1.54, 1.807) is 30.2 Å². The van der Waals surface area contributed by atoms with Crippen molar-refractivity contribution in [2.24, 2.45) is 0 Å². The topological polar surface area (TPSA) is 82.9 Å². The van der Waals surface area contributed by atoms with Crippen molar-refractivity contribution in [1.29, 1.82) is 5.26 Å². The van der Waals surface area contributed by atoms with E-state index in [2.05, 4.69) is 38.1 Å². The van der Waals surface area contributed by atoms with Crippen molar-refractivity contribution in [3.8, 4) is 6.19 Å². The number of benzene rings is 1. The summed E-state index contributed by atoms with van der Waals surface area (Å²) in [6.45, 7) is 3.62. The van der Waals surface area contributed by atoms with Gasteiger partial charge in [0.05, 0.1) is 24.7 Å². The van der Waals surface area contributed by atoms with Gasteiger partial charge in [0.1, 0.15) is 0 Å². The highest BCUT2D eigenvalue weighted by Gasteiger charge is 2.39. The highest BCUT2D eigenvalue weighted by atomic mass is 79.9. The Labute approximate surface area is 177 Å². The lowest BCUT2D eigenvalue weighted by atomic mass is 10.2. The molecule has 27 heavy (non-hydrogen) atoms. The van der Waals surface area contributed by atoms with E-state index in [-0.39, 0.29) is 30.1 Å². The molecule has 7 nitrogen and oxygen atoms in total. The average molecular weight is 525 g/mol. The molecule has 1 aliphatic heterocycles. The quantitative estimate of drug-likeness (QED) is 0.365. The van der Waals surface area contributed by atoms with Crippen molar-refractivity contribution >= 4 is 41.9 Å². The number of nitriles is 1. The minimum Gasteiger partial charge on any atom is -0.382 e. The fourth-order valence-electron chi connectivity index (χ4n) is 3.05. The molecule has 1 aromatic rings. The lowest BCUT2D eigenvalue weighted by molar-refractivity contribution is 0.0630. The minimum absolute atomic E-state index is 0.00180. The van der Waals surface area contributed by atoms with Crippen LogP contribution in [-0.2, 0) is 19.5 Å². The number of ether oxygens (including phenoxy) is 2. The third-order valence-electron chi connectivity index (χ3n) is 4.46. The molecule has 2 rings (SSSR count). The summed E-state index contributed by atoms with van der Waals surface area (Å²) < 4.78 is 39.9. The number of hydrogen-bond donors (Lipinski definition) is 0. The second-order valence-corrected chi connectivity index (χ2v) is 9.92. The van der Waals surface area contributed by atoms with Crippen molar-refractivity contribution in [3.05, 3.63) is 27.1 Å². The number of sulfonamides is 1. The summed E-state index contributed by atoms with van der Waals surface area (Å²) in [7, 11) is -2.19. The third kappa shape index (κ3) is 5.65. The van der Waals surface area contributed by atoms with Gasteiger partial charge in [0.25, 0.3) is 0 Å². The number of likely N-dealkylation sites (tertiary alicyclic amines) is 1. The molecule has 10 heteroatoms. The number of nitrogens with zero attached hydrogens (tertiary/aromatic N) is 3.